The van der Waals surface area contributed by atoms with Crippen LogP contribution < -0.4 is 0 Å². The minimum Gasteiger partial charge on any atom is -0.376 e. The van der Waals surface area contributed by atoms with E-state index in [1.165, 1.54) is 0 Å². The van der Waals surface area contributed by atoms with Gasteiger partial charge in [0, 0.05) is 36.8 Å². The van der Waals surface area contributed by atoms with Crippen LogP contribution in [0.1, 0.15) is 44.9 Å². The number of hydrogen-bond donors (Lipinski definition) is 0. The normalized spacial score (nSPS) is 22.1. The van der Waals surface area contributed by atoms with E-state index in [0.717, 1.165) is 35.6 Å². The molecule has 0 N–H and O–H groups in total. The lowest BCUT2D eigenvalue weighted by atomic mass is 9.80. The molecule has 2 aliphatic rings. The maximum absolute atomic E-state index is 12.7. The summed E-state index contributed by atoms with van der Waals surface area (Å²) in [6.45, 7) is 8.93. The highest BCUT2D eigenvalue weighted by molar-refractivity contribution is 5.77. The molecule has 5 heteroatoms. The van der Waals surface area contributed by atoms with Gasteiger partial charge in [0.05, 0.1) is 24.3 Å². The highest BCUT2D eigenvalue weighted by atomic mass is 16.5. The first-order valence-electron chi connectivity index (χ1n) is 9.64. The maximum Gasteiger partial charge on any atom is 0.223 e. The molecule has 0 saturated carbocycles. The number of carbonyl (C=O) groups excluding carboxylic acids is 1. The van der Waals surface area contributed by atoms with E-state index in [-0.39, 0.29) is 16.7 Å². The second-order valence-electron chi connectivity index (χ2n) is 9.01. The lowest BCUT2D eigenvalue weighted by molar-refractivity contribution is -0.132. The molecule has 1 atom stereocenters. The second kappa shape index (κ2) is 6.71. The van der Waals surface area contributed by atoms with Gasteiger partial charge in [0.1, 0.15) is 0 Å². The lowest BCUT2D eigenvalue weighted by Crippen LogP contribution is -2.42. The number of likely N-dealkylation sites (tertiary alicyclic amines) is 1. The molecule has 0 bridgehead atoms. The average Bonchev–Trinajstić information content (AvgIpc) is 3.06. The van der Waals surface area contributed by atoms with Crippen LogP contribution in [0.3, 0.4) is 0 Å². The predicted molar refractivity (Wildman–Crippen MR) is 104 cm³/mol. The van der Waals surface area contributed by atoms with Crippen molar-refractivity contribution in [2.75, 3.05) is 19.7 Å². The van der Waals surface area contributed by atoms with E-state index in [1.54, 1.807) is 0 Å². The molecule has 5 nitrogen and oxygen atoms in total. The van der Waals surface area contributed by atoms with Gasteiger partial charge in [-0.15, -0.1) is 0 Å². The summed E-state index contributed by atoms with van der Waals surface area (Å²) in [5, 5.41) is 0. The first kappa shape index (κ1) is 18.1. The maximum atomic E-state index is 12.7. The Bertz CT molecular complexity index is 844. The van der Waals surface area contributed by atoms with Gasteiger partial charge >= 0.3 is 0 Å². The van der Waals surface area contributed by atoms with Crippen LogP contribution in [0.4, 0.5) is 0 Å². The first-order valence-corrected chi connectivity index (χ1v) is 9.64. The van der Waals surface area contributed by atoms with E-state index in [9.17, 15) is 4.79 Å². The number of carbonyl (C=O) groups is 1. The molecule has 0 unspecified atom stereocenters. The van der Waals surface area contributed by atoms with Gasteiger partial charge in [-0.25, -0.2) is 9.97 Å². The van der Waals surface area contributed by atoms with Crippen molar-refractivity contribution in [1.29, 1.82) is 0 Å². The van der Waals surface area contributed by atoms with Crippen LogP contribution in [0.25, 0.3) is 11.4 Å². The molecule has 4 rings (SSSR count). The summed E-state index contributed by atoms with van der Waals surface area (Å²) in [6.07, 6.45) is 3.35. The number of nitrogens with zero attached hydrogens (tertiary/aromatic N) is 3. The molecule has 3 heterocycles. The van der Waals surface area contributed by atoms with Crippen molar-refractivity contribution in [3.8, 4) is 11.4 Å². The van der Waals surface area contributed by atoms with Gasteiger partial charge in [-0.1, -0.05) is 51.1 Å². The molecule has 2 aromatic rings. The van der Waals surface area contributed by atoms with E-state index in [1.807, 2.05) is 41.4 Å². The summed E-state index contributed by atoms with van der Waals surface area (Å²) in [6, 6.07) is 10.1. The van der Waals surface area contributed by atoms with Gasteiger partial charge in [0.25, 0.3) is 0 Å². The third-order valence-corrected chi connectivity index (χ3v) is 5.42. The summed E-state index contributed by atoms with van der Waals surface area (Å²) < 4.78 is 5.89. The quantitative estimate of drug-likeness (QED) is 0.816. The summed E-state index contributed by atoms with van der Waals surface area (Å²) >= 11 is 0. The molecule has 1 spiro atoms. The Labute approximate surface area is 160 Å². The van der Waals surface area contributed by atoms with Crippen LogP contribution in [0.15, 0.2) is 36.5 Å². The number of ether oxygens (including phenoxy) is 1. The summed E-state index contributed by atoms with van der Waals surface area (Å²) in [7, 11) is 0. The summed E-state index contributed by atoms with van der Waals surface area (Å²) in [5.74, 6) is 0.971. The molecule has 1 amide bonds. The monoisotopic (exact) mass is 365 g/mol. The van der Waals surface area contributed by atoms with Gasteiger partial charge in [0.2, 0.25) is 5.91 Å². The SMILES string of the molecule is CC(C)(C)CC(=O)N1CC[C@]2(COCc3cnc(-c4ccccc4)nc32)C1. The summed E-state index contributed by atoms with van der Waals surface area (Å²) in [5.41, 5.74) is 2.91. The van der Waals surface area contributed by atoms with Crippen LogP contribution >= 0.6 is 0 Å². The minimum atomic E-state index is -0.215. The first-order chi connectivity index (χ1) is 12.9. The Morgan fingerprint density at radius 1 is 1.26 bits per heavy atom. The van der Waals surface area contributed by atoms with Crippen LogP contribution in [-0.4, -0.2) is 40.5 Å². The molecule has 27 heavy (non-hydrogen) atoms. The molecular weight excluding hydrogens is 338 g/mol. The van der Waals surface area contributed by atoms with Crippen LogP contribution in [0, 0.1) is 5.41 Å². The van der Waals surface area contributed by atoms with Crippen LogP contribution in [0.2, 0.25) is 0 Å². The lowest BCUT2D eigenvalue weighted by Gasteiger charge is -2.34. The molecular formula is C22H27N3O2. The Hall–Kier alpha value is -2.27. The highest BCUT2D eigenvalue weighted by Gasteiger charge is 2.46. The number of rotatable bonds is 2. The van der Waals surface area contributed by atoms with E-state index < -0.39 is 0 Å². The van der Waals surface area contributed by atoms with Crippen molar-refractivity contribution < 1.29 is 9.53 Å². The van der Waals surface area contributed by atoms with Crippen molar-refractivity contribution in [3.63, 3.8) is 0 Å². The van der Waals surface area contributed by atoms with Gasteiger partial charge in [0.15, 0.2) is 5.82 Å². The minimum absolute atomic E-state index is 0.00351. The van der Waals surface area contributed by atoms with E-state index >= 15 is 0 Å². The van der Waals surface area contributed by atoms with Gasteiger partial charge in [-0.05, 0) is 11.8 Å². The Balaban J connectivity index is 1.64. The topological polar surface area (TPSA) is 55.3 Å². The smallest absolute Gasteiger partial charge is 0.223 e. The van der Waals surface area contributed by atoms with E-state index in [4.69, 9.17) is 9.72 Å². The fourth-order valence-electron chi connectivity index (χ4n) is 4.08. The Kier molecular flexibility index (Phi) is 4.50. The summed E-state index contributed by atoms with van der Waals surface area (Å²) in [4.78, 5) is 24.2. The molecule has 0 radical (unpaired) electrons. The fraction of sp³-hybridized carbons (Fsp3) is 0.500. The van der Waals surface area contributed by atoms with E-state index in [0.29, 0.717) is 26.2 Å². The number of amides is 1. The largest absolute Gasteiger partial charge is 0.376 e. The van der Waals surface area contributed by atoms with Gasteiger partial charge < -0.3 is 9.64 Å². The molecule has 142 valence electrons. The molecule has 1 aromatic carbocycles. The van der Waals surface area contributed by atoms with Crippen molar-refractivity contribution in [2.45, 2.75) is 45.6 Å². The zero-order chi connectivity index (χ0) is 19.1. The number of benzene rings is 1. The third-order valence-electron chi connectivity index (χ3n) is 5.42. The number of aromatic nitrogens is 2. The van der Waals surface area contributed by atoms with E-state index in [2.05, 4.69) is 25.8 Å². The molecule has 1 aromatic heterocycles. The highest BCUT2D eigenvalue weighted by Crippen LogP contribution is 2.40. The Morgan fingerprint density at radius 3 is 2.78 bits per heavy atom. The molecule has 1 saturated heterocycles. The van der Waals surface area contributed by atoms with Crippen LogP contribution in [-0.2, 0) is 21.6 Å². The fourth-order valence-corrected chi connectivity index (χ4v) is 4.08. The molecule has 2 aliphatic heterocycles. The van der Waals surface area contributed by atoms with Gasteiger partial charge in [-0.2, -0.15) is 0 Å². The van der Waals surface area contributed by atoms with Gasteiger partial charge in [-0.3, -0.25) is 4.79 Å². The zero-order valence-electron chi connectivity index (χ0n) is 16.4. The molecule has 1 fully saturated rings. The van der Waals surface area contributed by atoms with Crippen molar-refractivity contribution >= 4 is 5.91 Å². The van der Waals surface area contributed by atoms with Crippen LogP contribution in [0.5, 0.6) is 0 Å². The third kappa shape index (κ3) is 3.61. The number of fused-ring (bicyclic) bond motifs is 2. The van der Waals surface area contributed by atoms with Crippen molar-refractivity contribution in [1.82, 2.24) is 14.9 Å². The molecule has 0 aliphatic carbocycles. The average molecular weight is 365 g/mol. The standard InChI is InChI=1S/C22H27N3O2/c1-21(2,3)11-18(26)25-10-9-22(14-25)15-27-13-17-12-23-20(24-19(17)22)16-7-5-4-6-8-16/h4-8,12H,9-11,13-15H2,1-3H3/t22-/m1/s1. The zero-order valence-corrected chi connectivity index (χ0v) is 16.4. The predicted octanol–water partition coefficient (Wildman–Crippen LogP) is 3.58. The number of hydrogen-bond acceptors (Lipinski definition) is 4. The Morgan fingerprint density at radius 2 is 2.04 bits per heavy atom. The van der Waals surface area contributed by atoms with Crippen molar-refractivity contribution in [3.05, 3.63) is 47.8 Å². The van der Waals surface area contributed by atoms with Crippen molar-refractivity contribution in [2.24, 2.45) is 5.41 Å². The second-order valence-corrected chi connectivity index (χ2v) is 9.01.